The van der Waals surface area contributed by atoms with Gasteiger partial charge < -0.3 is 11.1 Å². The molecule has 80 valence electrons. The number of rotatable bonds is 3. The lowest BCUT2D eigenvalue weighted by Gasteiger charge is -2.05. The average Bonchev–Trinajstić information content (AvgIpc) is 2.31. The van der Waals surface area contributed by atoms with E-state index in [0.29, 0.717) is 5.69 Å². The lowest BCUT2D eigenvalue weighted by atomic mass is 10.3. The van der Waals surface area contributed by atoms with Gasteiger partial charge in [0.15, 0.2) is 0 Å². The summed E-state index contributed by atoms with van der Waals surface area (Å²) in [6.07, 6.45) is 6.48. The molecule has 0 atom stereocenters. The van der Waals surface area contributed by atoms with Gasteiger partial charge in [-0.1, -0.05) is 12.2 Å². The Labute approximate surface area is 97.8 Å². The first kappa shape index (κ1) is 10.4. The van der Waals surface area contributed by atoms with E-state index in [4.69, 9.17) is 18.0 Å². The van der Waals surface area contributed by atoms with Crippen molar-refractivity contribution >= 4 is 28.6 Å². The van der Waals surface area contributed by atoms with E-state index in [-0.39, 0.29) is 4.99 Å². The SMILES string of the molecule is NC(=S)c1ccc(Nc2cncnc2)cn1. The summed E-state index contributed by atoms with van der Waals surface area (Å²) >= 11 is 4.81. The van der Waals surface area contributed by atoms with Crippen LogP contribution in [0.5, 0.6) is 0 Å². The molecule has 6 heteroatoms. The molecule has 0 saturated carbocycles. The van der Waals surface area contributed by atoms with Crippen molar-refractivity contribution in [1.29, 1.82) is 0 Å². The Morgan fingerprint density at radius 1 is 1.12 bits per heavy atom. The van der Waals surface area contributed by atoms with Crippen LogP contribution in [0.1, 0.15) is 5.69 Å². The van der Waals surface area contributed by atoms with Crippen LogP contribution in [0.3, 0.4) is 0 Å². The van der Waals surface area contributed by atoms with Crippen molar-refractivity contribution in [2.24, 2.45) is 5.73 Å². The standard InChI is InChI=1S/C10H9N5S/c11-10(16)9-2-1-7(5-14-9)15-8-3-12-6-13-4-8/h1-6,15H,(H2,11,16). The van der Waals surface area contributed by atoms with Gasteiger partial charge in [-0.3, -0.25) is 4.98 Å². The van der Waals surface area contributed by atoms with Gasteiger partial charge >= 0.3 is 0 Å². The third-order valence-corrected chi connectivity index (χ3v) is 2.07. The van der Waals surface area contributed by atoms with E-state index in [1.54, 1.807) is 24.7 Å². The first-order valence-corrected chi connectivity index (χ1v) is 4.94. The third kappa shape index (κ3) is 2.48. The quantitative estimate of drug-likeness (QED) is 0.774. The van der Waals surface area contributed by atoms with Crippen LogP contribution < -0.4 is 11.1 Å². The molecular weight excluding hydrogens is 222 g/mol. The summed E-state index contributed by atoms with van der Waals surface area (Å²) in [7, 11) is 0. The van der Waals surface area contributed by atoms with E-state index in [0.717, 1.165) is 11.4 Å². The second-order valence-corrected chi connectivity index (χ2v) is 3.49. The number of pyridine rings is 1. The Balaban J connectivity index is 2.14. The number of hydrogen-bond donors (Lipinski definition) is 2. The van der Waals surface area contributed by atoms with Gasteiger partial charge in [0.25, 0.3) is 0 Å². The molecule has 0 aliphatic heterocycles. The molecule has 0 amide bonds. The molecule has 0 spiro atoms. The summed E-state index contributed by atoms with van der Waals surface area (Å²) in [5.74, 6) is 0. The maximum absolute atomic E-state index is 5.44. The number of nitrogens with one attached hydrogen (secondary N) is 1. The van der Waals surface area contributed by atoms with E-state index in [1.807, 2.05) is 6.07 Å². The number of thiocarbonyl (C=S) groups is 1. The molecule has 2 aromatic rings. The van der Waals surface area contributed by atoms with Crippen molar-refractivity contribution in [3.05, 3.63) is 42.7 Å². The van der Waals surface area contributed by atoms with Crippen molar-refractivity contribution < 1.29 is 0 Å². The molecule has 0 aromatic carbocycles. The van der Waals surface area contributed by atoms with E-state index < -0.39 is 0 Å². The summed E-state index contributed by atoms with van der Waals surface area (Å²) in [5, 5.41) is 3.10. The number of anilines is 2. The van der Waals surface area contributed by atoms with Gasteiger partial charge in [0.1, 0.15) is 11.3 Å². The highest BCUT2D eigenvalue weighted by Gasteiger charge is 1.98. The Morgan fingerprint density at radius 3 is 2.44 bits per heavy atom. The van der Waals surface area contributed by atoms with Crippen molar-refractivity contribution in [1.82, 2.24) is 15.0 Å². The minimum Gasteiger partial charge on any atom is -0.388 e. The molecule has 0 radical (unpaired) electrons. The first-order chi connectivity index (χ1) is 7.75. The van der Waals surface area contributed by atoms with Crippen molar-refractivity contribution in [2.75, 3.05) is 5.32 Å². The lowest BCUT2D eigenvalue weighted by molar-refractivity contribution is 1.17. The Bertz CT molecular complexity index is 482. The zero-order valence-electron chi connectivity index (χ0n) is 8.29. The normalized spacial score (nSPS) is 9.75. The molecule has 0 unspecified atom stereocenters. The van der Waals surface area contributed by atoms with Crippen LogP contribution >= 0.6 is 12.2 Å². The second kappa shape index (κ2) is 4.63. The number of hydrogen-bond acceptors (Lipinski definition) is 5. The Kier molecular flexibility index (Phi) is 3.02. The van der Waals surface area contributed by atoms with Crippen molar-refractivity contribution in [3.8, 4) is 0 Å². The highest BCUT2D eigenvalue weighted by Crippen LogP contribution is 2.13. The van der Waals surface area contributed by atoms with Crippen LogP contribution in [0, 0.1) is 0 Å². The van der Waals surface area contributed by atoms with E-state index >= 15 is 0 Å². The van der Waals surface area contributed by atoms with E-state index in [9.17, 15) is 0 Å². The second-order valence-electron chi connectivity index (χ2n) is 3.05. The molecule has 2 heterocycles. The monoisotopic (exact) mass is 231 g/mol. The van der Waals surface area contributed by atoms with Crippen molar-refractivity contribution in [3.63, 3.8) is 0 Å². The van der Waals surface area contributed by atoms with Gasteiger partial charge in [0.2, 0.25) is 0 Å². The maximum Gasteiger partial charge on any atom is 0.122 e. The highest BCUT2D eigenvalue weighted by molar-refractivity contribution is 7.80. The van der Waals surface area contributed by atoms with Gasteiger partial charge in [-0.25, -0.2) is 9.97 Å². The number of nitrogens with two attached hydrogens (primary N) is 1. The zero-order valence-corrected chi connectivity index (χ0v) is 9.11. The minimum absolute atomic E-state index is 0.287. The van der Waals surface area contributed by atoms with Gasteiger partial charge in [-0.15, -0.1) is 0 Å². The highest BCUT2D eigenvalue weighted by atomic mass is 32.1. The summed E-state index contributed by atoms with van der Waals surface area (Å²) in [6.45, 7) is 0. The Morgan fingerprint density at radius 2 is 1.88 bits per heavy atom. The first-order valence-electron chi connectivity index (χ1n) is 4.53. The fraction of sp³-hybridized carbons (Fsp3) is 0. The van der Waals surface area contributed by atoms with Gasteiger partial charge in [0, 0.05) is 0 Å². The van der Waals surface area contributed by atoms with Crippen LogP contribution in [-0.4, -0.2) is 19.9 Å². The maximum atomic E-state index is 5.44. The minimum atomic E-state index is 0.287. The number of aromatic nitrogens is 3. The van der Waals surface area contributed by atoms with E-state index in [2.05, 4.69) is 20.3 Å². The van der Waals surface area contributed by atoms with E-state index in [1.165, 1.54) is 6.33 Å². The molecule has 0 aliphatic rings. The van der Waals surface area contributed by atoms with Crippen molar-refractivity contribution in [2.45, 2.75) is 0 Å². The van der Waals surface area contributed by atoms with Crippen LogP contribution in [0.4, 0.5) is 11.4 Å². The zero-order chi connectivity index (χ0) is 11.4. The average molecular weight is 231 g/mol. The molecular formula is C10H9N5S. The van der Waals surface area contributed by atoms with Crippen LogP contribution in [0.15, 0.2) is 37.1 Å². The number of nitrogens with zero attached hydrogens (tertiary/aromatic N) is 3. The molecule has 0 bridgehead atoms. The summed E-state index contributed by atoms with van der Waals surface area (Å²) in [4.78, 5) is 12.2. The molecule has 5 nitrogen and oxygen atoms in total. The summed E-state index contributed by atoms with van der Waals surface area (Å²) in [6, 6.07) is 3.60. The molecule has 2 aromatic heterocycles. The Hall–Kier alpha value is -2.08. The fourth-order valence-corrected chi connectivity index (χ4v) is 1.26. The topological polar surface area (TPSA) is 76.7 Å². The van der Waals surface area contributed by atoms with Gasteiger partial charge in [-0.2, -0.15) is 0 Å². The van der Waals surface area contributed by atoms with Crippen LogP contribution in [-0.2, 0) is 0 Å². The third-order valence-electron chi connectivity index (χ3n) is 1.87. The molecule has 2 rings (SSSR count). The molecule has 16 heavy (non-hydrogen) atoms. The smallest absolute Gasteiger partial charge is 0.122 e. The van der Waals surface area contributed by atoms with Gasteiger partial charge in [0.05, 0.1) is 35.7 Å². The predicted molar refractivity (Wildman–Crippen MR) is 65.4 cm³/mol. The van der Waals surface area contributed by atoms with Crippen LogP contribution in [0.25, 0.3) is 0 Å². The van der Waals surface area contributed by atoms with Gasteiger partial charge in [-0.05, 0) is 12.1 Å². The predicted octanol–water partition coefficient (Wildman–Crippen LogP) is 1.25. The van der Waals surface area contributed by atoms with Crippen LogP contribution in [0.2, 0.25) is 0 Å². The fourth-order valence-electron chi connectivity index (χ4n) is 1.14. The molecule has 0 fully saturated rings. The molecule has 0 saturated heterocycles. The molecule has 3 N–H and O–H groups in total. The molecule has 0 aliphatic carbocycles. The summed E-state index contributed by atoms with van der Waals surface area (Å²) < 4.78 is 0. The lowest BCUT2D eigenvalue weighted by Crippen LogP contribution is -2.11. The largest absolute Gasteiger partial charge is 0.388 e. The summed E-state index contributed by atoms with van der Waals surface area (Å²) in [5.41, 5.74) is 7.67.